The molecule has 0 fully saturated rings. The molecule has 0 saturated carbocycles. The predicted octanol–water partition coefficient (Wildman–Crippen LogP) is 2.27. The van der Waals surface area contributed by atoms with Gasteiger partial charge in [0.2, 0.25) is 11.7 Å². The molecule has 0 unspecified atom stereocenters. The van der Waals surface area contributed by atoms with Gasteiger partial charge in [-0.2, -0.15) is 0 Å². The Morgan fingerprint density at radius 3 is 2.59 bits per heavy atom. The minimum absolute atomic E-state index is 0.0805. The molecular formula is C24H27N5O5. The van der Waals surface area contributed by atoms with E-state index >= 15 is 0 Å². The maximum absolute atomic E-state index is 13.3. The summed E-state index contributed by atoms with van der Waals surface area (Å²) < 4.78 is 14.7. The van der Waals surface area contributed by atoms with Crippen LogP contribution < -0.4 is 21.3 Å². The number of carbonyl (C=O) groups excluding carboxylic acids is 1. The highest BCUT2D eigenvalue weighted by Gasteiger charge is 2.19. The van der Waals surface area contributed by atoms with Crippen molar-refractivity contribution in [3.63, 3.8) is 0 Å². The number of anilines is 1. The van der Waals surface area contributed by atoms with Crippen LogP contribution in [0.3, 0.4) is 0 Å². The van der Waals surface area contributed by atoms with Crippen molar-refractivity contribution in [3.05, 3.63) is 69.4 Å². The van der Waals surface area contributed by atoms with Crippen LogP contribution in [0, 0.1) is 0 Å². The highest BCUT2D eigenvalue weighted by molar-refractivity contribution is 5.92. The fraction of sp³-hybridized carbons (Fsp3) is 0.333. The summed E-state index contributed by atoms with van der Waals surface area (Å²) in [5.74, 6) is 0.239. The third-order valence-corrected chi connectivity index (χ3v) is 5.34. The van der Waals surface area contributed by atoms with E-state index in [0.717, 1.165) is 4.68 Å². The van der Waals surface area contributed by atoms with Crippen molar-refractivity contribution in [1.82, 2.24) is 18.7 Å². The molecule has 0 saturated heterocycles. The second kappa shape index (κ2) is 9.92. The first-order valence-corrected chi connectivity index (χ1v) is 11.1. The van der Waals surface area contributed by atoms with Crippen molar-refractivity contribution < 1.29 is 14.3 Å². The number of carbonyl (C=O) groups is 1. The minimum Gasteiger partial charge on any atom is -0.495 e. The van der Waals surface area contributed by atoms with E-state index in [4.69, 9.17) is 9.47 Å². The van der Waals surface area contributed by atoms with Gasteiger partial charge in [0.1, 0.15) is 12.3 Å². The van der Waals surface area contributed by atoms with Crippen LogP contribution in [0.4, 0.5) is 5.69 Å². The zero-order valence-electron chi connectivity index (χ0n) is 19.4. The molecule has 178 valence electrons. The van der Waals surface area contributed by atoms with Gasteiger partial charge in [-0.05, 0) is 44.5 Å². The van der Waals surface area contributed by atoms with E-state index in [-0.39, 0.29) is 24.0 Å². The Balaban J connectivity index is 1.71. The molecule has 4 rings (SSSR count). The predicted molar refractivity (Wildman–Crippen MR) is 129 cm³/mol. The van der Waals surface area contributed by atoms with Gasteiger partial charge >= 0.3 is 5.69 Å². The number of fused-ring (bicyclic) bond motifs is 3. The lowest BCUT2D eigenvalue weighted by Gasteiger charge is -2.11. The molecule has 2 aromatic carbocycles. The lowest BCUT2D eigenvalue weighted by Crippen LogP contribution is -2.29. The summed E-state index contributed by atoms with van der Waals surface area (Å²) in [5, 5.41) is 7.50. The molecular weight excluding hydrogens is 438 g/mol. The Morgan fingerprint density at radius 2 is 1.82 bits per heavy atom. The monoisotopic (exact) mass is 465 g/mol. The van der Waals surface area contributed by atoms with E-state index in [0.29, 0.717) is 41.9 Å². The molecule has 2 aromatic heterocycles. The van der Waals surface area contributed by atoms with Crippen LogP contribution in [-0.2, 0) is 22.6 Å². The van der Waals surface area contributed by atoms with E-state index in [9.17, 15) is 14.4 Å². The van der Waals surface area contributed by atoms with Gasteiger partial charge in [-0.15, -0.1) is 5.10 Å². The molecule has 0 bridgehead atoms. The molecule has 4 aromatic rings. The summed E-state index contributed by atoms with van der Waals surface area (Å²) in [5.41, 5.74) is 0.176. The van der Waals surface area contributed by atoms with Crippen LogP contribution in [0.25, 0.3) is 16.7 Å². The number of hydrogen-bond donors (Lipinski definition) is 1. The van der Waals surface area contributed by atoms with E-state index in [1.54, 1.807) is 48.5 Å². The van der Waals surface area contributed by atoms with Crippen LogP contribution in [0.2, 0.25) is 0 Å². The van der Waals surface area contributed by atoms with Gasteiger partial charge in [-0.25, -0.2) is 13.9 Å². The Kier molecular flexibility index (Phi) is 6.78. The summed E-state index contributed by atoms with van der Waals surface area (Å²) in [6.45, 7) is 4.35. The highest BCUT2D eigenvalue weighted by Crippen LogP contribution is 2.22. The number of amides is 1. The molecule has 10 heteroatoms. The number of methoxy groups -OCH3 is 1. The van der Waals surface area contributed by atoms with Gasteiger partial charge < -0.3 is 14.8 Å². The molecule has 0 radical (unpaired) electrons. The number of hydrogen-bond acceptors (Lipinski definition) is 6. The maximum atomic E-state index is 13.3. The van der Waals surface area contributed by atoms with Gasteiger partial charge in [0.05, 0.1) is 29.8 Å². The molecule has 34 heavy (non-hydrogen) atoms. The summed E-state index contributed by atoms with van der Waals surface area (Å²) in [4.78, 5) is 39.2. The number of benzene rings is 2. The number of aryl methyl sites for hydroxylation is 1. The van der Waals surface area contributed by atoms with E-state index in [2.05, 4.69) is 10.4 Å². The van der Waals surface area contributed by atoms with Crippen molar-refractivity contribution >= 4 is 28.3 Å². The number of nitrogens with zero attached hydrogens (tertiary/aromatic N) is 4. The van der Waals surface area contributed by atoms with Crippen LogP contribution in [0.15, 0.2) is 58.1 Å². The maximum Gasteiger partial charge on any atom is 0.352 e. The molecule has 2 heterocycles. The fourth-order valence-electron chi connectivity index (χ4n) is 3.79. The molecule has 0 spiro atoms. The minimum atomic E-state index is -0.506. The van der Waals surface area contributed by atoms with E-state index < -0.39 is 11.6 Å². The zero-order chi connectivity index (χ0) is 24.2. The van der Waals surface area contributed by atoms with Crippen LogP contribution in [0.5, 0.6) is 5.75 Å². The van der Waals surface area contributed by atoms with Gasteiger partial charge in [-0.1, -0.05) is 24.3 Å². The van der Waals surface area contributed by atoms with Crippen molar-refractivity contribution in [3.8, 4) is 5.75 Å². The molecule has 1 N–H and O–H groups in total. The average Bonchev–Trinajstić information content (AvgIpc) is 3.14. The van der Waals surface area contributed by atoms with Crippen molar-refractivity contribution in [1.29, 1.82) is 0 Å². The van der Waals surface area contributed by atoms with Crippen molar-refractivity contribution in [2.75, 3.05) is 19.0 Å². The summed E-state index contributed by atoms with van der Waals surface area (Å²) in [7, 11) is 1.51. The quantitative estimate of drug-likeness (QED) is 0.380. The van der Waals surface area contributed by atoms with Crippen LogP contribution in [-0.4, -0.2) is 44.5 Å². The fourth-order valence-corrected chi connectivity index (χ4v) is 3.79. The SMILES string of the molecule is COc1ccccc1NC(=O)Cn1nc2n(CCCOC(C)C)c(=O)c3ccccc3n2c1=O. The largest absolute Gasteiger partial charge is 0.495 e. The molecule has 10 nitrogen and oxygen atoms in total. The topological polar surface area (TPSA) is 109 Å². The van der Waals surface area contributed by atoms with Gasteiger partial charge in [0, 0.05) is 13.2 Å². The molecule has 0 aliphatic heterocycles. The third-order valence-electron chi connectivity index (χ3n) is 5.34. The molecule has 1 amide bonds. The Bertz CT molecular complexity index is 1450. The number of rotatable bonds is 9. The zero-order valence-corrected chi connectivity index (χ0v) is 19.4. The Labute approximate surface area is 195 Å². The number of nitrogens with one attached hydrogen (secondary N) is 1. The standard InChI is InChI=1S/C24H27N5O5/c1-16(2)34-14-8-13-27-22(31)17-9-4-6-11-19(17)29-23(27)26-28(24(29)32)15-21(30)25-18-10-5-7-12-20(18)33-3/h4-7,9-12,16H,8,13-15H2,1-3H3,(H,25,30). The number of aromatic nitrogens is 4. The summed E-state index contributed by atoms with van der Waals surface area (Å²) >= 11 is 0. The molecule has 0 atom stereocenters. The number of para-hydroxylation sites is 3. The van der Waals surface area contributed by atoms with E-state index in [1.165, 1.54) is 16.1 Å². The summed E-state index contributed by atoms with van der Waals surface area (Å²) in [6, 6.07) is 13.8. The third kappa shape index (κ3) is 4.58. The second-order valence-corrected chi connectivity index (χ2v) is 8.07. The lowest BCUT2D eigenvalue weighted by atomic mass is 10.2. The highest BCUT2D eigenvalue weighted by atomic mass is 16.5. The first-order chi connectivity index (χ1) is 16.4. The normalized spacial score (nSPS) is 11.4. The van der Waals surface area contributed by atoms with Crippen molar-refractivity contribution in [2.24, 2.45) is 0 Å². The molecule has 0 aliphatic carbocycles. The second-order valence-electron chi connectivity index (χ2n) is 8.07. The Hall–Kier alpha value is -3.92. The van der Waals surface area contributed by atoms with Crippen LogP contribution in [0.1, 0.15) is 20.3 Å². The molecule has 0 aliphatic rings. The summed E-state index contributed by atoms with van der Waals surface area (Å²) in [6.07, 6.45) is 0.651. The van der Waals surface area contributed by atoms with Gasteiger partial charge in [0.25, 0.3) is 5.56 Å². The van der Waals surface area contributed by atoms with Crippen molar-refractivity contribution in [2.45, 2.75) is 39.5 Å². The number of ether oxygens (including phenoxy) is 2. The van der Waals surface area contributed by atoms with Gasteiger partial charge in [-0.3, -0.25) is 14.2 Å². The van der Waals surface area contributed by atoms with Crippen LogP contribution >= 0.6 is 0 Å². The van der Waals surface area contributed by atoms with E-state index in [1.807, 2.05) is 13.8 Å². The first kappa shape index (κ1) is 23.2. The average molecular weight is 466 g/mol. The smallest absolute Gasteiger partial charge is 0.352 e. The first-order valence-electron chi connectivity index (χ1n) is 11.1. The Morgan fingerprint density at radius 1 is 1.09 bits per heavy atom. The lowest BCUT2D eigenvalue weighted by molar-refractivity contribution is -0.117. The van der Waals surface area contributed by atoms with Gasteiger partial charge in [0.15, 0.2) is 0 Å².